The molecule has 2 aromatic heterocycles. The summed E-state index contributed by atoms with van der Waals surface area (Å²) in [7, 11) is 1.63. The first-order chi connectivity index (χ1) is 18.3. The number of para-hydroxylation sites is 1. The second-order valence-electron chi connectivity index (χ2n) is 9.86. The Morgan fingerprint density at radius 3 is 2.16 bits per heavy atom. The van der Waals surface area contributed by atoms with Crippen LogP contribution in [-0.2, 0) is 7.05 Å². The summed E-state index contributed by atoms with van der Waals surface area (Å²) in [4.78, 5) is 0. The maximum atomic E-state index is 2.47. The van der Waals surface area contributed by atoms with Crippen LogP contribution in [0.15, 0.2) is 127 Å². The van der Waals surface area contributed by atoms with E-state index in [-0.39, 0.29) is 0 Å². The van der Waals surface area contributed by atoms with Crippen LogP contribution >= 0.6 is 7.53 Å². The maximum Gasteiger partial charge on any atom is 0.0568 e. The van der Waals surface area contributed by atoms with Gasteiger partial charge in [-0.2, -0.15) is 0 Å². The number of rotatable bonds is 2. The van der Waals surface area contributed by atoms with E-state index in [1.807, 2.05) is 0 Å². The van der Waals surface area contributed by atoms with E-state index < -0.39 is 7.53 Å². The Morgan fingerprint density at radius 1 is 0.541 bits per heavy atom. The number of aromatic nitrogens is 1. The summed E-state index contributed by atoms with van der Waals surface area (Å²) >= 11 is 0. The Morgan fingerprint density at radius 2 is 1.27 bits per heavy atom. The first-order valence-corrected chi connectivity index (χ1v) is 14.1. The van der Waals surface area contributed by atoms with Gasteiger partial charge in [-0.3, -0.25) is 0 Å². The number of aryl methyl sites for hydroxylation is 1. The standard InChI is InChI=1S/C35H24NP/c1-36-31-21-19-23-10-5-6-13-26(23)34(31)30-16-9-15-27(35(30)36)24-18-20-29-28-14-7-8-17-32(28)37(33(29)22-24)25-11-3-2-4-12-25/h2-22H,1H3. The Labute approximate surface area is 216 Å². The summed E-state index contributed by atoms with van der Waals surface area (Å²) in [5.74, 6) is 0. The molecule has 0 spiro atoms. The molecule has 0 bridgehead atoms. The zero-order valence-electron chi connectivity index (χ0n) is 20.5. The SMILES string of the molecule is Cn1c2ccc3ccccc3c2c2cccc(-c3ccc4c5ccccc5p(-c5ccccc5)c4c3)c21. The van der Waals surface area contributed by atoms with E-state index in [9.17, 15) is 0 Å². The average Bonchev–Trinajstić information content (AvgIpc) is 3.45. The second kappa shape index (κ2) is 7.84. The Kier molecular flexibility index (Phi) is 4.41. The molecule has 8 aromatic rings. The molecule has 0 amide bonds. The molecular formula is C35H24NP. The molecule has 2 heterocycles. The lowest BCUT2D eigenvalue weighted by atomic mass is 9.99. The van der Waals surface area contributed by atoms with Crippen molar-refractivity contribution in [2.24, 2.45) is 7.05 Å². The Bertz CT molecular complexity index is 2140. The molecule has 0 N–H and O–H groups in total. The molecule has 37 heavy (non-hydrogen) atoms. The monoisotopic (exact) mass is 489 g/mol. The van der Waals surface area contributed by atoms with Crippen molar-refractivity contribution in [3.05, 3.63) is 127 Å². The van der Waals surface area contributed by atoms with Crippen LogP contribution < -0.4 is 0 Å². The van der Waals surface area contributed by atoms with Crippen molar-refractivity contribution in [3.8, 4) is 16.4 Å². The van der Waals surface area contributed by atoms with E-state index in [1.165, 1.54) is 70.0 Å². The maximum absolute atomic E-state index is 2.47. The van der Waals surface area contributed by atoms with Gasteiger partial charge in [0.2, 0.25) is 0 Å². The fourth-order valence-corrected chi connectivity index (χ4v) is 8.94. The van der Waals surface area contributed by atoms with E-state index in [4.69, 9.17) is 0 Å². The van der Waals surface area contributed by atoms with E-state index in [1.54, 1.807) is 0 Å². The minimum absolute atomic E-state index is 0.579. The zero-order chi connectivity index (χ0) is 24.5. The molecule has 2 heteroatoms. The van der Waals surface area contributed by atoms with Gasteiger partial charge < -0.3 is 4.57 Å². The summed E-state index contributed by atoms with van der Waals surface area (Å²) in [6.45, 7) is 0. The molecule has 0 saturated carbocycles. The third-order valence-corrected chi connectivity index (χ3v) is 10.4. The lowest BCUT2D eigenvalue weighted by molar-refractivity contribution is 1.02. The van der Waals surface area contributed by atoms with Gasteiger partial charge in [0, 0.05) is 39.1 Å². The van der Waals surface area contributed by atoms with Gasteiger partial charge in [-0.05, 0) is 44.5 Å². The third kappa shape index (κ3) is 2.92. The van der Waals surface area contributed by atoms with Crippen LogP contribution in [0.2, 0.25) is 0 Å². The lowest BCUT2D eigenvalue weighted by Gasteiger charge is -2.09. The molecule has 0 radical (unpaired) electrons. The van der Waals surface area contributed by atoms with Gasteiger partial charge in [0.25, 0.3) is 0 Å². The highest BCUT2D eigenvalue weighted by atomic mass is 31.1. The fraction of sp³-hybridized carbons (Fsp3) is 0.0286. The zero-order valence-corrected chi connectivity index (χ0v) is 21.4. The van der Waals surface area contributed by atoms with Crippen molar-refractivity contribution in [3.63, 3.8) is 0 Å². The van der Waals surface area contributed by atoms with Gasteiger partial charge in [-0.1, -0.05) is 123 Å². The summed E-state index contributed by atoms with van der Waals surface area (Å²) in [5, 5.41) is 12.4. The normalized spacial score (nSPS) is 12.4. The van der Waals surface area contributed by atoms with Crippen molar-refractivity contribution in [2.75, 3.05) is 0 Å². The second-order valence-corrected chi connectivity index (χ2v) is 12.0. The molecule has 0 aliphatic rings. The van der Waals surface area contributed by atoms with Crippen LogP contribution in [0, 0.1) is 0 Å². The molecule has 6 aromatic carbocycles. The highest BCUT2D eigenvalue weighted by molar-refractivity contribution is 7.67. The van der Waals surface area contributed by atoms with E-state index >= 15 is 0 Å². The first-order valence-electron chi connectivity index (χ1n) is 12.8. The molecular weight excluding hydrogens is 465 g/mol. The van der Waals surface area contributed by atoms with E-state index in [0.717, 1.165) is 0 Å². The number of nitrogens with zero attached hydrogens (tertiary/aromatic N) is 1. The smallest absolute Gasteiger partial charge is 0.0568 e. The predicted octanol–water partition coefficient (Wildman–Crippen LogP) is 10.4. The summed E-state index contributed by atoms with van der Waals surface area (Å²) in [6.07, 6.45) is 0. The summed E-state index contributed by atoms with van der Waals surface area (Å²) in [5.41, 5.74) is 5.16. The van der Waals surface area contributed by atoms with E-state index in [0.29, 0.717) is 0 Å². The van der Waals surface area contributed by atoms with Gasteiger partial charge >= 0.3 is 0 Å². The van der Waals surface area contributed by atoms with Crippen molar-refractivity contribution in [1.82, 2.24) is 4.57 Å². The minimum atomic E-state index is -0.579. The molecule has 1 nitrogen and oxygen atoms in total. The van der Waals surface area contributed by atoms with Gasteiger partial charge in [0.15, 0.2) is 0 Å². The highest BCUT2D eigenvalue weighted by Crippen LogP contribution is 2.55. The lowest BCUT2D eigenvalue weighted by Crippen LogP contribution is -1.90. The van der Waals surface area contributed by atoms with Crippen molar-refractivity contribution >= 4 is 61.1 Å². The Hall–Kier alpha value is -4.32. The molecule has 174 valence electrons. The van der Waals surface area contributed by atoms with Crippen LogP contribution in [0.4, 0.5) is 0 Å². The third-order valence-electron chi connectivity index (χ3n) is 7.91. The van der Waals surface area contributed by atoms with Crippen molar-refractivity contribution < 1.29 is 0 Å². The highest BCUT2D eigenvalue weighted by Gasteiger charge is 2.18. The first kappa shape index (κ1) is 20.8. The molecule has 1 atom stereocenters. The molecule has 0 aliphatic carbocycles. The minimum Gasteiger partial charge on any atom is -0.343 e. The summed E-state index contributed by atoms with van der Waals surface area (Å²) < 4.78 is 2.38. The van der Waals surface area contributed by atoms with Gasteiger partial charge in [-0.15, -0.1) is 0 Å². The van der Waals surface area contributed by atoms with Gasteiger partial charge in [0.1, 0.15) is 0 Å². The largest absolute Gasteiger partial charge is 0.343 e. The molecule has 1 unspecified atom stereocenters. The van der Waals surface area contributed by atoms with Crippen LogP contribution in [0.5, 0.6) is 0 Å². The summed E-state index contributed by atoms with van der Waals surface area (Å²) in [6, 6.07) is 47.2. The van der Waals surface area contributed by atoms with Crippen LogP contribution in [0.1, 0.15) is 0 Å². The van der Waals surface area contributed by atoms with Crippen molar-refractivity contribution in [2.45, 2.75) is 0 Å². The topological polar surface area (TPSA) is 4.93 Å². The van der Waals surface area contributed by atoms with E-state index in [2.05, 4.69) is 139 Å². The number of fused-ring (bicyclic) bond motifs is 8. The fourth-order valence-electron chi connectivity index (χ4n) is 6.28. The van der Waals surface area contributed by atoms with Crippen LogP contribution in [-0.4, -0.2) is 4.57 Å². The van der Waals surface area contributed by atoms with Crippen LogP contribution in [0.3, 0.4) is 0 Å². The van der Waals surface area contributed by atoms with Crippen molar-refractivity contribution in [1.29, 1.82) is 0 Å². The number of benzene rings is 6. The molecule has 0 fully saturated rings. The molecule has 0 aliphatic heterocycles. The van der Waals surface area contributed by atoms with Crippen LogP contribution in [0.25, 0.3) is 70.0 Å². The Balaban J connectivity index is 1.47. The number of hydrogen-bond donors (Lipinski definition) is 0. The average molecular weight is 490 g/mol. The molecule has 0 saturated heterocycles. The quantitative estimate of drug-likeness (QED) is 0.228. The predicted molar refractivity (Wildman–Crippen MR) is 162 cm³/mol. The van der Waals surface area contributed by atoms with Gasteiger partial charge in [-0.25, -0.2) is 0 Å². The van der Waals surface area contributed by atoms with Gasteiger partial charge in [0.05, 0.1) is 5.52 Å². The molecule has 8 rings (SSSR count). The number of hydrogen-bond acceptors (Lipinski definition) is 0.